The van der Waals surface area contributed by atoms with Crippen LogP contribution in [-0.4, -0.2) is 37.0 Å². The Labute approximate surface area is 148 Å². The zero-order valence-corrected chi connectivity index (χ0v) is 15.5. The summed E-state index contributed by atoms with van der Waals surface area (Å²) in [6, 6.07) is 7.45. The van der Waals surface area contributed by atoms with Crippen molar-refractivity contribution in [3.05, 3.63) is 46.7 Å². The van der Waals surface area contributed by atoms with Gasteiger partial charge in [-0.1, -0.05) is 32.0 Å². The van der Waals surface area contributed by atoms with E-state index in [4.69, 9.17) is 9.47 Å². The number of nitrogens with zero attached hydrogens (tertiary/aromatic N) is 1. The average molecular weight is 343 g/mol. The Hall–Kier alpha value is -2.56. The SMILES string of the molecule is CCOc1ccccc1/C=C1\C(=O)N(CC(C)C)C(C)=C1C(=O)OC. The van der Waals surface area contributed by atoms with Crippen molar-refractivity contribution in [2.24, 2.45) is 5.92 Å². The van der Waals surface area contributed by atoms with Gasteiger partial charge in [-0.15, -0.1) is 0 Å². The Kier molecular flexibility index (Phi) is 6.02. The monoisotopic (exact) mass is 343 g/mol. The van der Waals surface area contributed by atoms with Gasteiger partial charge in [-0.2, -0.15) is 0 Å². The lowest BCUT2D eigenvalue weighted by Crippen LogP contribution is -2.28. The lowest BCUT2D eigenvalue weighted by Gasteiger charge is -2.20. The van der Waals surface area contributed by atoms with Gasteiger partial charge in [0.05, 0.1) is 24.9 Å². The van der Waals surface area contributed by atoms with Crippen molar-refractivity contribution in [2.75, 3.05) is 20.3 Å². The molecule has 0 aromatic heterocycles. The second-order valence-corrected chi connectivity index (χ2v) is 6.29. The topological polar surface area (TPSA) is 55.8 Å². The number of rotatable bonds is 6. The molecule has 0 bridgehead atoms. The number of carbonyl (C=O) groups is 2. The normalized spacial score (nSPS) is 16.2. The van der Waals surface area contributed by atoms with E-state index in [9.17, 15) is 9.59 Å². The molecule has 25 heavy (non-hydrogen) atoms. The Morgan fingerprint density at radius 1 is 1.28 bits per heavy atom. The first-order chi connectivity index (χ1) is 11.9. The number of allylic oxidation sites excluding steroid dienone is 1. The van der Waals surface area contributed by atoms with Crippen LogP contribution >= 0.6 is 0 Å². The van der Waals surface area contributed by atoms with Crippen LogP contribution in [-0.2, 0) is 14.3 Å². The fourth-order valence-corrected chi connectivity index (χ4v) is 2.86. The summed E-state index contributed by atoms with van der Waals surface area (Å²) in [7, 11) is 1.32. The van der Waals surface area contributed by atoms with Crippen LogP contribution in [0.5, 0.6) is 5.75 Å². The number of amides is 1. The van der Waals surface area contributed by atoms with Gasteiger partial charge >= 0.3 is 5.97 Å². The van der Waals surface area contributed by atoms with E-state index in [1.807, 2.05) is 45.0 Å². The number of carbonyl (C=O) groups excluding carboxylic acids is 2. The number of benzene rings is 1. The highest BCUT2D eigenvalue weighted by Gasteiger charge is 2.37. The predicted molar refractivity (Wildman–Crippen MR) is 96.9 cm³/mol. The maximum atomic E-state index is 12.9. The van der Waals surface area contributed by atoms with Gasteiger partial charge in [-0.25, -0.2) is 4.79 Å². The summed E-state index contributed by atoms with van der Waals surface area (Å²) in [5.74, 6) is 0.275. The molecule has 5 nitrogen and oxygen atoms in total. The van der Waals surface area contributed by atoms with Crippen molar-refractivity contribution in [3.63, 3.8) is 0 Å². The largest absolute Gasteiger partial charge is 0.493 e. The molecule has 1 aromatic carbocycles. The van der Waals surface area contributed by atoms with E-state index in [0.717, 1.165) is 5.56 Å². The van der Waals surface area contributed by atoms with E-state index < -0.39 is 5.97 Å². The number of hydrogen-bond acceptors (Lipinski definition) is 4. The highest BCUT2D eigenvalue weighted by Crippen LogP contribution is 2.33. The number of hydrogen-bond donors (Lipinski definition) is 0. The molecule has 1 aliphatic heterocycles. The first-order valence-electron chi connectivity index (χ1n) is 8.45. The van der Waals surface area contributed by atoms with Crippen LogP contribution in [0.25, 0.3) is 6.08 Å². The molecule has 0 saturated heterocycles. The fraction of sp³-hybridized carbons (Fsp3) is 0.400. The minimum absolute atomic E-state index is 0.182. The maximum Gasteiger partial charge on any atom is 0.340 e. The van der Waals surface area contributed by atoms with Crippen molar-refractivity contribution in [1.29, 1.82) is 0 Å². The second kappa shape index (κ2) is 8.01. The Balaban J connectivity index is 2.54. The first-order valence-corrected chi connectivity index (χ1v) is 8.45. The van der Waals surface area contributed by atoms with Crippen LogP contribution in [0.3, 0.4) is 0 Å². The molecule has 1 amide bonds. The molecular formula is C20H25NO4. The number of esters is 1. The van der Waals surface area contributed by atoms with Gasteiger partial charge in [-0.3, -0.25) is 4.79 Å². The molecule has 0 fully saturated rings. The third-order valence-corrected chi connectivity index (χ3v) is 3.97. The smallest absolute Gasteiger partial charge is 0.340 e. The first kappa shape index (κ1) is 18.8. The Morgan fingerprint density at radius 2 is 1.96 bits per heavy atom. The quantitative estimate of drug-likeness (QED) is 0.587. The zero-order valence-electron chi connectivity index (χ0n) is 15.5. The van der Waals surface area contributed by atoms with Gasteiger partial charge in [0.15, 0.2) is 0 Å². The third kappa shape index (κ3) is 3.92. The van der Waals surface area contributed by atoms with Crippen molar-refractivity contribution >= 4 is 18.0 Å². The summed E-state index contributed by atoms with van der Waals surface area (Å²) in [4.78, 5) is 26.8. The summed E-state index contributed by atoms with van der Waals surface area (Å²) in [6.07, 6.45) is 1.71. The van der Waals surface area contributed by atoms with Crippen LogP contribution in [0.4, 0.5) is 0 Å². The maximum absolute atomic E-state index is 12.9. The summed E-state index contributed by atoms with van der Waals surface area (Å²) >= 11 is 0. The molecule has 1 aromatic rings. The molecule has 0 aliphatic carbocycles. The molecular weight excluding hydrogens is 318 g/mol. The minimum atomic E-state index is -0.503. The lowest BCUT2D eigenvalue weighted by atomic mass is 10.0. The lowest BCUT2D eigenvalue weighted by molar-refractivity contribution is -0.136. The van der Waals surface area contributed by atoms with Crippen molar-refractivity contribution < 1.29 is 19.1 Å². The van der Waals surface area contributed by atoms with Gasteiger partial charge < -0.3 is 14.4 Å². The summed E-state index contributed by atoms with van der Waals surface area (Å²) in [5.41, 5.74) is 2.05. The van der Waals surface area contributed by atoms with E-state index in [2.05, 4.69) is 0 Å². The molecule has 0 radical (unpaired) electrons. The van der Waals surface area contributed by atoms with Crippen LogP contribution in [0, 0.1) is 5.92 Å². The zero-order chi connectivity index (χ0) is 18.6. The summed E-state index contributed by atoms with van der Waals surface area (Å²) < 4.78 is 10.5. The molecule has 1 heterocycles. The third-order valence-electron chi connectivity index (χ3n) is 3.97. The van der Waals surface area contributed by atoms with E-state index in [-0.39, 0.29) is 11.8 Å². The molecule has 0 spiro atoms. The molecule has 1 aliphatic rings. The van der Waals surface area contributed by atoms with Gasteiger partial charge in [0.25, 0.3) is 5.91 Å². The summed E-state index contributed by atoms with van der Waals surface area (Å²) in [5, 5.41) is 0. The summed E-state index contributed by atoms with van der Waals surface area (Å²) in [6.45, 7) is 8.82. The molecule has 5 heteroatoms. The van der Waals surface area contributed by atoms with E-state index >= 15 is 0 Å². The average Bonchev–Trinajstić information content (AvgIpc) is 2.80. The van der Waals surface area contributed by atoms with E-state index in [0.29, 0.717) is 35.7 Å². The molecule has 0 unspecified atom stereocenters. The number of para-hydroxylation sites is 1. The Bertz CT molecular complexity index is 731. The van der Waals surface area contributed by atoms with Crippen molar-refractivity contribution in [3.8, 4) is 5.75 Å². The molecule has 0 N–H and O–H groups in total. The highest BCUT2D eigenvalue weighted by molar-refractivity contribution is 6.16. The van der Waals surface area contributed by atoms with Gasteiger partial charge in [0.1, 0.15) is 5.75 Å². The fourth-order valence-electron chi connectivity index (χ4n) is 2.86. The van der Waals surface area contributed by atoms with Gasteiger partial charge in [-0.05, 0) is 31.9 Å². The second-order valence-electron chi connectivity index (χ2n) is 6.29. The van der Waals surface area contributed by atoms with Crippen molar-refractivity contribution in [1.82, 2.24) is 4.90 Å². The van der Waals surface area contributed by atoms with Crippen LogP contribution in [0.15, 0.2) is 41.1 Å². The molecule has 0 atom stereocenters. The number of methoxy groups -OCH3 is 1. The van der Waals surface area contributed by atoms with E-state index in [1.54, 1.807) is 17.9 Å². The molecule has 134 valence electrons. The standard InChI is InChI=1S/C20H25NO4/c1-6-25-17-10-8-7-9-15(17)11-16-18(20(23)24-5)14(4)21(19(16)22)12-13(2)3/h7-11,13H,6,12H2,1-5H3/b16-11-. The van der Waals surface area contributed by atoms with Crippen LogP contribution in [0.1, 0.15) is 33.3 Å². The molecule has 0 saturated carbocycles. The van der Waals surface area contributed by atoms with Crippen LogP contribution < -0.4 is 4.74 Å². The van der Waals surface area contributed by atoms with Crippen molar-refractivity contribution in [2.45, 2.75) is 27.7 Å². The van der Waals surface area contributed by atoms with Gasteiger partial charge in [0, 0.05) is 17.8 Å². The Morgan fingerprint density at radius 3 is 2.56 bits per heavy atom. The molecule has 2 rings (SSSR count). The minimum Gasteiger partial charge on any atom is -0.493 e. The van der Waals surface area contributed by atoms with Gasteiger partial charge in [0.2, 0.25) is 0 Å². The predicted octanol–water partition coefficient (Wildman–Crippen LogP) is 3.41. The number of ether oxygens (including phenoxy) is 2. The highest BCUT2D eigenvalue weighted by atomic mass is 16.5. The van der Waals surface area contributed by atoms with Crippen LogP contribution in [0.2, 0.25) is 0 Å². The van der Waals surface area contributed by atoms with E-state index in [1.165, 1.54) is 7.11 Å².